The summed E-state index contributed by atoms with van der Waals surface area (Å²) in [4.78, 5) is 23.2. The van der Waals surface area contributed by atoms with Crippen LogP contribution in [0, 0.1) is 11.3 Å². The molecule has 6 nitrogen and oxygen atoms in total. The monoisotopic (exact) mass is 349 g/mol. The van der Waals surface area contributed by atoms with Gasteiger partial charge < -0.3 is 15.4 Å². The minimum absolute atomic E-state index is 0.182. The van der Waals surface area contributed by atoms with Gasteiger partial charge in [0.1, 0.15) is 12.2 Å². The first-order valence-corrected chi connectivity index (χ1v) is 7.96. The van der Waals surface area contributed by atoms with E-state index in [0.717, 1.165) is 16.9 Å². The summed E-state index contributed by atoms with van der Waals surface area (Å²) >= 11 is 0. The van der Waals surface area contributed by atoms with E-state index in [1.807, 2.05) is 24.3 Å². The molecule has 2 aromatic carbocycles. The molecule has 0 bridgehead atoms. The maximum atomic E-state index is 11.9. The van der Waals surface area contributed by atoms with Crippen molar-refractivity contribution in [2.24, 2.45) is 0 Å². The molecule has 0 aliphatic heterocycles. The first-order valence-electron chi connectivity index (χ1n) is 7.96. The first kappa shape index (κ1) is 18.7. The number of nitriles is 1. The summed E-state index contributed by atoms with van der Waals surface area (Å²) < 4.78 is 5.08. The molecule has 2 N–H and O–H groups in total. The van der Waals surface area contributed by atoms with Gasteiger partial charge in [-0.25, -0.2) is 0 Å². The number of amides is 2. The van der Waals surface area contributed by atoms with Gasteiger partial charge >= 0.3 is 0 Å². The van der Waals surface area contributed by atoms with Gasteiger partial charge in [0.05, 0.1) is 13.2 Å². The summed E-state index contributed by atoms with van der Waals surface area (Å²) in [5.74, 6) is 0.211. The standard InChI is InChI=1S/C20H19N3O3/c1-26-18-9-4-15(5-10-18)6-11-19(24)22-14-16-2-7-17(8-3-16)23-20(25)12-13-21/h2-11H,12,14H2,1H3,(H,22,24)(H,23,25)/b11-6+. The molecule has 0 aliphatic carbocycles. The highest BCUT2D eigenvalue weighted by Gasteiger charge is 2.02. The third-order valence-electron chi connectivity index (χ3n) is 3.49. The zero-order valence-corrected chi connectivity index (χ0v) is 14.4. The van der Waals surface area contributed by atoms with E-state index in [9.17, 15) is 9.59 Å². The largest absolute Gasteiger partial charge is 0.497 e. The van der Waals surface area contributed by atoms with Crippen molar-refractivity contribution < 1.29 is 14.3 Å². The molecule has 0 unspecified atom stereocenters. The smallest absolute Gasteiger partial charge is 0.244 e. The lowest BCUT2D eigenvalue weighted by Gasteiger charge is -2.06. The molecule has 132 valence electrons. The van der Waals surface area contributed by atoms with Crippen molar-refractivity contribution in [1.82, 2.24) is 5.32 Å². The molecule has 26 heavy (non-hydrogen) atoms. The van der Waals surface area contributed by atoms with Gasteiger partial charge in [-0.05, 0) is 41.5 Å². The zero-order valence-electron chi connectivity index (χ0n) is 14.4. The number of nitrogens with zero attached hydrogens (tertiary/aromatic N) is 1. The second-order valence-corrected chi connectivity index (χ2v) is 5.40. The van der Waals surface area contributed by atoms with Crippen LogP contribution < -0.4 is 15.4 Å². The van der Waals surface area contributed by atoms with Crippen molar-refractivity contribution in [2.75, 3.05) is 12.4 Å². The van der Waals surface area contributed by atoms with Crippen LogP contribution >= 0.6 is 0 Å². The minimum Gasteiger partial charge on any atom is -0.497 e. The Bertz CT molecular complexity index is 819. The van der Waals surface area contributed by atoms with E-state index in [4.69, 9.17) is 10.00 Å². The summed E-state index contributed by atoms with van der Waals surface area (Å²) in [6.07, 6.45) is 3.01. The molecule has 2 aromatic rings. The molecule has 0 atom stereocenters. The van der Waals surface area contributed by atoms with Gasteiger partial charge in [-0.3, -0.25) is 9.59 Å². The number of carbonyl (C=O) groups excluding carboxylic acids is 2. The average Bonchev–Trinajstić information content (AvgIpc) is 2.66. The lowest BCUT2D eigenvalue weighted by Crippen LogP contribution is -2.20. The highest BCUT2D eigenvalue weighted by atomic mass is 16.5. The van der Waals surface area contributed by atoms with Crippen LogP contribution in [-0.4, -0.2) is 18.9 Å². The number of benzene rings is 2. The van der Waals surface area contributed by atoms with E-state index < -0.39 is 0 Å². The highest BCUT2D eigenvalue weighted by Crippen LogP contribution is 2.12. The van der Waals surface area contributed by atoms with E-state index in [-0.39, 0.29) is 18.2 Å². The van der Waals surface area contributed by atoms with Crippen LogP contribution in [0.15, 0.2) is 54.6 Å². The molecule has 2 rings (SSSR count). The number of nitrogens with one attached hydrogen (secondary N) is 2. The van der Waals surface area contributed by atoms with E-state index in [1.54, 1.807) is 43.5 Å². The van der Waals surface area contributed by atoms with E-state index in [1.165, 1.54) is 6.08 Å². The van der Waals surface area contributed by atoms with Crippen molar-refractivity contribution in [1.29, 1.82) is 5.26 Å². The topological polar surface area (TPSA) is 91.2 Å². The number of anilines is 1. The maximum absolute atomic E-state index is 11.9. The van der Waals surface area contributed by atoms with Crippen LogP contribution in [0.5, 0.6) is 5.75 Å². The second kappa shape index (κ2) is 9.64. The lowest BCUT2D eigenvalue weighted by atomic mass is 10.2. The van der Waals surface area contributed by atoms with Crippen LogP contribution in [0.1, 0.15) is 17.5 Å². The average molecular weight is 349 g/mol. The fourth-order valence-corrected chi connectivity index (χ4v) is 2.12. The molecule has 0 saturated carbocycles. The maximum Gasteiger partial charge on any atom is 0.244 e. The summed E-state index contributed by atoms with van der Waals surface area (Å²) in [5.41, 5.74) is 2.41. The molecular formula is C20H19N3O3. The molecule has 0 radical (unpaired) electrons. The van der Waals surface area contributed by atoms with Crippen LogP contribution in [0.3, 0.4) is 0 Å². The zero-order chi connectivity index (χ0) is 18.8. The van der Waals surface area contributed by atoms with Crippen LogP contribution in [0.4, 0.5) is 5.69 Å². The Kier molecular flexibility index (Phi) is 6.95. The molecule has 0 aromatic heterocycles. The van der Waals surface area contributed by atoms with E-state index in [2.05, 4.69) is 10.6 Å². The SMILES string of the molecule is COc1ccc(/C=C/C(=O)NCc2ccc(NC(=O)CC#N)cc2)cc1. The third kappa shape index (κ3) is 6.13. The van der Waals surface area contributed by atoms with Crippen LogP contribution in [0.2, 0.25) is 0 Å². The lowest BCUT2D eigenvalue weighted by molar-refractivity contribution is -0.117. The summed E-state index contributed by atoms with van der Waals surface area (Å²) in [7, 11) is 1.60. The number of carbonyl (C=O) groups is 2. The van der Waals surface area contributed by atoms with Gasteiger partial charge in [-0.1, -0.05) is 24.3 Å². The number of ether oxygens (including phenoxy) is 1. The second-order valence-electron chi connectivity index (χ2n) is 5.40. The summed E-state index contributed by atoms with van der Waals surface area (Å²) in [6, 6.07) is 16.2. The molecule has 0 fully saturated rings. The Morgan fingerprint density at radius 3 is 2.42 bits per heavy atom. The van der Waals surface area contributed by atoms with Gasteiger partial charge in [0.15, 0.2) is 0 Å². The van der Waals surface area contributed by atoms with Crippen LogP contribution in [0.25, 0.3) is 6.08 Å². The predicted molar refractivity (Wildman–Crippen MR) is 99.2 cm³/mol. The Balaban J connectivity index is 1.82. The minimum atomic E-state index is -0.350. The van der Waals surface area contributed by atoms with Crippen molar-refractivity contribution in [2.45, 2.75) is 13.0 Å². The van der Waals surface area contributed by atoms with Gasteiger partial charge in [-0.15, -0.1) is 0 Å². The Morgan fingerprint density at radius 2 is 1.81 bits per heavy atom. The predicted octanol–water partition coefficient (Wildman–Crippen LogP) is 2.88. The van der Waals surface area contributed by atoms with Gasteiger partial charge in [0.25, 0.3) is 0 Å². The molecular weight excluding hydrogens is 330 g/mol. The molecule has 2 amide bonds. The number of rotatable bonds is 7. The quantitative estimate of drug-likeness (QED) is 0.752. The van der Waals surface area contributed by atoms with Crippen molar-refractivity contribution in [3.8, 4) is 11.8 Å². The van der Waals surface area contributed by atoms with Crippen LogP contribution in [-0.2, 0) is 16.1 Å². The first-order chi connectivity index (χ1) is 12.6. The molecule has 6 heteroatoms. The third-order valence-corrected chi connectivity index (χ3v) is 3.49. The van der Waals surface area contributed by atoms with Crippen molar-refractivity contribution in [3.05, 3.63) is 65.7 Å². The van der Waals surface area contributed by atoms with E-state index >= 15 is 0 Å². The molecule has 0 saturated heterocycles. The van der Waals surface area contributed by atoms with Gasteiger partial charge in [-0.2, -0.15) is 5.26 Å². The normalized spacial score (nSPS) is 10.2. The Morgan fingerprint density at radius 1 is 1.12 bits per heavy atom. The van der Waals surface area contributed by atoms with E-state index in [0.29, 0.717) is 12.2 Å². The number of hydrogen-bond acceptors (Lipinski definition) is 4. The Labute approximate surface area is 152 Å². The van der Waals surface area contributed by atoms with Gasteiger partial charge in [0.2, 0.25) is 11.8 Å². The fourth-order valence-electron chi connectivity index (χ4n) is 2.12. The fraction of sp³-hybridized carbons (Fsp3) is 0.150. The summed E-state index contributed by atoms with van der Waals surface area (Å²) in [5, 5.41) is 13.9. The molecule has 0 aliphatic rings. The number of methoxy groups -OCH3 is 1. The summed E-state index contributed by atoms with van der Waals surface area (Å²) in [6.45, 7) is 0.373. The molecule has 0 heterocycles. The number of hydrogen-bond donors (Lipinski definition) is 2. The Hall–Kier alpha value is -3.59. The highest BCUT2D eigenvalue weighted by molar-refractivity contribution is 5.92. The van der Waals surface area contributed by atoms with Crippen molar-refractivity contribution >= 4 is 23.6 Å². The molecule has 0 spiro atoms. The van der Waals surface area contributed by atoms with Gasteiger partial charge in [0, 0.05) is 18.3 Å². The van der Waals surface area contributed by atoms with Crippen molar-refractivity contribution in [3.63, 3.8) is 0 Å².